The van der Waals surface area contributed by atoms with E-state index in [1.54, 1.807) is 6.92 Å². The predicted molar refractivity (Wildman–Crippen MR) is 51.2 cm³/mol. The summed E-state index contributed by atoms with van der Waals surface area (Å²) >= 11 is 0. The first-order valence-corrected chi connectivity index (χ1v) is 6.46. The van der Waals surface area contributed by atoms with Crippen molar-refractivity contribution in [1.82, 2.24) is 0 Å². The van der Waals surface area contributed by atoms with Gasteiger partial charge in [0.25, 0.3) is 0 Å². The minimum Gasteiger partial charge on any atom is -0.298 e. The van der Waals surface area contributed by atoms with Crippen molar-refractivity contribution in [3.63, 3.8) is 0 Å². The summed E-state index contributed by atoms with van der Waals surface area (Å²) in [7, 11) is -3.02. The Balaban J connectivity index is 2.69. The molecule has 0 aromatic rings. The lowest BCUT2D eigenvalue weighted by Gasteiger charge is -2.09. The van der Waals surface area contributed by atoms with Crippen LogP contribution in [0.4, 0.5) is 0 Å². The lowest BCUT2D eigenvalue weighted by atomic mass is 9.92. The molecule has 1 rings (SSSR count). The van der Waals surface area contributed by atoms with Gasteiger partial charge in [-0.05, 0) is 12.8 Å². The fourth-order valence-electron chi connectivity index (χ4n) is 1.66. The Morgan fingerprint density at radius 2 is 2.29 bits per heavy atom. The van der Waals surface area contributed by atoms with Gasteiger partial charge in [0.05, 0.1) is 17.6 Å². The van der Waals surface area contributed by atoms with Crippen molar-refractivity contribution < 1.29 is 13.2 Å². The van der Waals surface area contributed by atoms with Crippen molar-refractivity contribution >= 4 is 15.6 Å². The molecule has 5 heteroatoms. The molecule has 0 saturated carbocycles. The smallest absolute Gasteiger partial charge is 0.154 e. The van der Waals surface area contributed by atoms with Gasteiger partial charge < -0.3 is 0 Å². The van der Waals surface area contributed by atoms with Crippen LogP contribution < -0.4 is 0 Å². The Kier molecular flexibility index (Phi) is 3.27. The lowest BCUT2D eigenvalue weighted by Crippen LogP contribution is -2.23. The Morgan fingerprint density at radius 1 is 1.64 bits per heavy atom. The van der Waals surface area contributed by atoms with Crippen LogP contribution >= 0.6 is 0 Å². The second-order valence-electron chi connectivity index (χ2n) is 3.59. The van der Waals surface area contributed by atoms with Gasteiger partial charge >= 0.3 is 0 Å². The van der Waals surface area contributed by atoms with Gasteiger partial charge in [0.15, 0.2) is 15.6 Å². The van der Waals surface area contributed by atoms with E-state index < -0.39 is 21.7 Å². The van der Waals surface area contributed by atoms with E-state index >= 15 is 0 Å². The van der Waals surface area contributed by atoms with E-state index in [0.717, 1.165) is 0 Å². The third-order valence-electron chi connectivity index (χ3n) is 2.54. The SMILES string of the molecule is CCC(C#N)C(=O)C1CCS(=O)(=O)C1. The molecule has 1 aliphatic rings. The van der Waals surface area contributed by atoms with Crippen LogP contribution in [0.3, 0.4) is 0 Å². The van der Waals surface area contributed by atoms with Crippen LogP contribution in [-0.4, -0.2) is 25.7 Å². The average Bonchev–Trinajstić information content (AvgIpc) is 2.48. The van der Waals surface area contributed by atoms with Gasteiger partial charge in [-0.25, -0.2) is 8.42 Å². The summed E-state index contributed by atoms with van der Waals surface area (Å²) in [5.74, 6) is -1.25. The third-order valence-corrected chi connectivity index (χ3v) is 4.31. The van der Waals surface area contributed by atoms with E-state index in [-0.39, 0.29) is 17.3 Å². The summed E-state index contributed by atoms with van der Waals surface area (Å²) in [6.45, 7) is 1.76. The minimum atomic E-state index is -3.02. The maximum Gasteiger partial charge on any atom is 0.154 e. The van der Waals surface area contributed by atoms with E-state index in [1.807, 2.05) is 6.07 Å². The van der Waals surface area contributed by atoms with Gasteiger partial charge in [0, 0.05) is 5.92 Å². The highest BCUT2D eigenvalue weighted by atomic mass is 32.2. The zero-order chi connectivity index (χ0) is 10.8. The van der Waals surface area contributed by atoms with Gasteiger partial charge in [0.1, 0.15) is 5.92 Å². The largest absolute Gasteiger partial charge is 0.298 e. The fraction of sp³-hybridized carbons (Fsp3) is 0.778. The predicted octanol–water partition coefficient (Wildman–Crippen LogP) is 0.540. The van der Waals surface area contributed by atoms with Crippen LogP contribution in [0, 0.1) is 23.2 Å². The van der Waals surface area contributed by atoms with Gasteiger partial charge in [-0.15, -0.1) is 0 Å². The molecule has 1 saturated heterocycles. The number of carbonyl (C=O) groups is 1. The summed E-state index contributed by atoms with van der Waals surface area (Å²) in [6.07, 6.45) is 0.852. The molecule has 0 bridgehead atoms. The van der Waals surface area contributed by atoms with Crippen LogP contribution in [0.25, 0.3) is 0 Å². The number of rotatable bonds is 3. The average molecular weight is 215 g/mol. The van der Waals surface area contributed by atoms with Crippen molar-refractivity contribution in [2.45, 2.75) is 19.8 Å². The van der Waals surface area contributed by atoms with E-state index in [9.17, 15) is 13.2 Å². The first kappa shape index (κ1) is 11.2. The summed E-state index contributed by atoms with van der Waals surface area (Å²) in [4.78, 5) is 11.6. The second-order valence-corrected chi connectivity index (χ2v) is 5.82. The quantitative estimate of drug-likeness (QED) is 0.688. The molecule has 2 unspecified atom stereocenters. The molecule has 14 heavy (non-hydrogen) atoms. The highest BCUT2D eigenvalue weighted by molar-refractivity contribution is 7.91. The van der Waals surface area contributed by atoms with Gasteiger partial charge in [-0.2, -0.15) is 5.26 Å². The molecule has 4 nitrogen and oxygen atoms in total. The minimum absolute atomic E-state index is 0.0655. The molecule has 0 amide bonds. The molecule has 0 N–H and O–H groups in total. The topological polar surface area (TPSA) is 75.0 Å². The Labute approximate surface area is 83.8 Å². The number of ketones is 1. The molecule has 0 aliphatic carbocycles. The standard InChI is InChI=1S/C9H13NO3S/c1-2-7(5-10)9(11)8-3-4-14(12,13)6-8/h7-8H,2-4,6H2,1H3. The van der Waals surface area contributed by atoms with Gasteiger partial charge in [-0.3, -0.25) is 4.79 Å². The molecule has 1 fully saturated rings. The van der Waals surface area contributed by atoms with E-state index in [2.05, 4.69) is 0 Å². The molecule has 0 spiro atoms. The van der Waals surface area contributed by atoms with Crippen LogP contribution in [0.2, 0.25) is 0 Å². The van der Waals surface area contributed by atoms with Crippen molar-refractivity contribution in [2.24, 2.45) is 11.8 Å². The first-order chi connectivity index (χ1) is 6.50. The summed E-state index contributed by atoms with van der Waals surface area (Å²) in [5, 5.41) is 8.67. The molecule has 2 atom stereocenters. The Morgan fingerprint density at radius 3 is 2.64 bits per heavy atom. The van der Waals surface area contributed by atoms with Gasteiger partial charge in [-0.1, -0.05) is 6.92 Å². The van der Waals surface area contributed by atoms with E-state index in [0.29, 0.717) is 12.8 Å². The molecule has 0 aromatic heterocycles. The highest BCUT2D eigenvalue weighted by Gasteiger charge is 2.35. The third kappa shape index (κ3) is 2.32. The number of nitrogens with zero attached hydrogens (tertiary/aromatic N) is 1. The van der Waals surface area contributed by atoms with Crippen molar-refractivity contribution in [3.05, 3.63) is 0 Å². The number of carbonyl (C=O) groups excluding carboxylic acids is 1. The zero-order valence-electron chi connectivity index (χ0n) is 8.06. The van der Waals surface area contributed by atoms with Crippen LogP contribution in [0.5, 0.6) is 0 Å². The molecular weight excluding hydrogens is 202 g/mol. The van der Waals surface area contributed by atoms with Crippen molar-refractivity contribution in [1.29, 1.82) is 5.26 Å². The molecule has 0 radical (unpaired) electrons. The van der Waals surface area contributed by atoms with E-state index in [1.165, 1.54) is 0 Å². The number of Topliss-reactive ketones (excluding diaryl/α,β-unsaturated/α-hetero) is 1. The zero-order valence-corrected chi connectivity index (χ0v) is 8.88. The van der Waals surface area contributed by atoms with Crippen LogP contribution in [-0.2, 0) is 14.6 Å². The Hall–Kier alpha value is -0.890. The highest BCUT2D eigenvalue weighted by Crippen LogP contribution is 2.23. The normalized spacial score (nSPS) is 26.7. The number of hydrogen-bond acceptors (Lipinski definition) is 4. The summed E-state index contributed by atoms with van der Waals surface area (Å²) in [6, 6.07) is 1.91. The van der Waals surface area contributed by atoms with E-state index in [4.69, 9.17) is 5.26 Å². The van der Waals surface area contributed by atoms with Crippen molar-refractivity contribution in [2.75, 3.05) is 11.5 Å². The van der Waals surface area contributed by atoms with Crippen LogP contribution in [0.15, 0.2) is 0 Å². The molecular formula is C9H13NO3S. The monoisotopic (exact) mass is 215 g/mol. The molecule has 78 valence electrons. The number of sulfone groups is 1. The molecule has 1 aliphatic heterocycles. The second kappa shape index (κ2) is 4.09. The first-order valence-electron chi connectivity index (χ1n) is 4.64. The summed E-state index contributed by atoms with van der Waals surface area (Å²) in [5.41, 5.74) is 0. The summed E-state index contributed by atoms with van der Waals surface area (Å²) < 4.78 is 22.2. The Bertz CT molecular complexity index is 366. The van der Waals surface area contributed by atoms with Crippen molar-refractivity contribution in [3.8, 4) is 6.07 Å². The van der Waals surface area contributed by atoms with Crippen LogP contribution in [0.1, 0.15) is 19.8 Å². The molecule has 0 aromatic carbocycles. The maximum atomic E-state index is 11.6. The number of hydrogen-bond donors (Lipinski definition) is 0. The molecule has 1 heterocycles. The maximum absolute atomic E-state index is 11.6. The lowest BCUT2D eigenvalue weighted by molar-refractivity contribution is -0.124. The number of nitriles is 1. The fourth-order valence-corrected chi connectivity index (χ4v) is 3.41. The van der Waals surface area contributed by atoms with Gasteiger partial charge in [0.2, 0.25) is 0 Å².